The van der Waals surface area contributed by atoms with E-state index in [4.69, 9.17) is 5.11 Å². The number of rotatable bonds is 5. The Bertz CT molecular complexity index is 564. The van der Waals surface area contributed by atoms with Crippen LogP contribution in [0.2, 0.25) is 0 Å². The largest absolute Gasteiger partial charge is 0.395 e. The maximum absolute atomic E-state index is 12.7. The zero-order chi connectivity index (χ0) is 15.2. The molecule has 21 heavy (non-hydrogen) atoms. The van der Waals surface area contributed by atoms with Crippen molar-refractivity contribution in [1.82, 2.24) is 4.90 Å². The summed E-state index contributed by atoms with van der Waals surface area (Å²) in [7, 11) is 0. The van der Waals surface area contributed by atoms with E-state index in [0.29, 0.717) is 12.5 Å². The van der Waals surface area contributed by atoms with E-state index in [9.17, 15) is 4.79 Å². The number of aliphatic hydroxyl groups is 1. The van der Waals surface area contributed by atoms with E-state index >= 15 is 0 Å². The van der Waals surface area contributed by atoms with Crippen LogP contribution in [0.4, 0.5) is 0 Å². The van der Waals surface area contributed by atoms with E-state index in [1.165, 1.54) is 0 Å². The molecule has 0 atom stereocenters. The van der Waals surface area contributed by atoms with Crippen molar-refractivity contribution in [3.63, 3.8) is 0 Å². The Hall–Kier alpha value is -1.79. The summed E-state index contributed by atoms with van der Waals surface area (Å²) >= 11 is 0. The molecule has 2 rings (SSSR count). The van der Waals surface area contributed by atoms with Crippen molar-refractivity contribution in [3.8, 4) is 11.8 Å². The Kier molecular flexibility index (Phi) is 5.41. The molecule has 1 N–H and O–H groups in total. The van der Waals surface area contributed by atoms with E-state index < -0.39 is 0 Å². The van der Waals surface area contributed by atoms with Crippen LogP contribution in [-0.4, -0.2) is 35.1 Å². The van der Waals surface area contributed by atoms with Gasteiger partial charge in [-0.25, -0.2) is 0 Å². The molecule has 112 valence electrons. The first kappa shape index (κ1) is 15.6. The number of aryl methyl sites for hydroxylation is 1. The maximum Gasteiger partial charge on any atom is 0.254 e. The highest BCUT2D eigenvalue weighted by Gasteiger charge is 2.32. The number of amides is 1. The highest BCUT2D eigenvalue weighted by Crippen LogP contribution is 2.28. The van der Waals surface area contributed by atoms with Gasteiger partial charge in [-0.3, -0.25) is 4.79 Å². The van der Waals surface area contributed by atoms with Crippen LogP contribution in [0.15, 0.2) is 18.2 Å². The lowest BCUT2D eigenvalue weighted by Crippen LogP contribution is -2.33. The second-order valence-corrected chi connectivity index (χ2v) is 5.59. The van der Waals surface area contributed by atoms with E-state index in [0.717, 1.165) is 42.5 Å². The highest BCUT2D eigenvalue weighted by atomic mass is 16.2. The van der Waals surface area contributed by atoms with Gasteiger partial charge in [-0.2, -0.15) is 0 Å². The predicted molar refractivity (Wildman–Crippen MR) is 84.1 cm³/mol. The third-order valence-electron chi connectivity index (χ3n) is 3.51. The van der Waals surface area contributed by atoms with E-state index in [2.05, 4.69) is 18.8 Å². The average molecular weight is 285 g/mol. The fourth-order valence-electron chi connectivity index (χ4n) is 2.44. The lowest BCUT2D eigenvalue weighted by molar-refractivity contribution is 0.0743. The molecule has 1 aromatic carbocycles. The Balaban J connectivity index is 2.22. The molecule has 0 aromatic heterocycles. The molecule has 3 nitrogen and oxygen atoms in total. The van der Waals surface area contributed by atoms with Crippen LogP contribution in [0, 0.1) is 18.8 Å². The van der Waals surface area contributed by atoms with E-state index in [1.807, 2.05) is 30.0 Å². The van der Waals surface area contributed by atoms with Crippen molar-refractivity contribution < 1.29 is 9.90 Å². The lowest BCUT2D eigenvalue weighted by atomic mass is 10.1. The topological polar surface area (TPSA) is 40.5 Å². The SMILES string of the molecule is CCCN(C(=O)c1cc(C)cc(C#CCCO)c1)C1CC1. The average Bonchev–Trinajstić information content (AvgIpc) is 3.28. The molecule has 0 aliphatic heterocycles. The summed E-state index contributed by atoms with van der Waals surface area (Å²) < 4.78 is 0. The fourth-order valence-corrected chi connectivity index (χ4v) is 2.44. The second kappa shape index (κ2) is 7.28. The third kappa shape index (κ3) is 4.34. The Labute approximate surface area is 127 Å². The van der Waals surface area contributed by atoms with Crippen molar-refractivity contribution >= 4 is 5.91 Å². The normalized spacial score (nSPS) is 13.5. The molecular weight excluding hydrogens is 262 g/mol. The van der Waals surface area contributed by atoms with Crippen LogP contribution in [-0.2, 0) is 0 Å². The smallest absolute Gasteiger partial charge is 0.254 e. The summed E-state index contributed by atoms with van der Waals surface area (Å²) in [5.74, 6) is 6.04. The number of aliphatic hydroxyl groups excluding tert-OH is 1. The van der Waals surface area contributed by atoms with Crippen molar-refractivity contribution in [2.75, 3.05) is 13.2 Å². The summed E-state index contributed by atoms with van der Waals surface area (Å²) in [4.78, 5) is 14.7. The number of hydrogen-bond acceptors (Lipinski definition) is 2. The van der Waals surface area contributed by atoms with Crippen LogP contribution in [0.1, 0.15) is 54.1 Å². The molecule has 0 spiro atoms. The standard InChI is InChI=1S/C18H23NO2/c1-3-9-19(17-7-8-17)18(21)16-12-14(2)11-15(13-16)6-4-5-10-20/h11-13,17,20H,3,5,7-10H2,1-2H3. The quantitative estimate of drug-likeness (QED) is 0.845. The van der Waals surface area contributed by atoms with Gasteiger partial charge in [-0.05, 0) is 49.9 Å². The molecule has 0 unspecified atom stereocenters. The third-order valence-corrected chi connectivity index (χ3v) is 3.51. The molecule has 1 aromatic rings. The number of nitrogens with zero attached hydrogens (tertiary/aromatic N) is 1. The summed E-state index contributed by atoms with van der Waals surface area (Å²) in [6.07, 6.45) is 3.69. The van der Waals surface area contributed by atoms with Crippen LogP contribution in [0.25, 0.3) is 0 Å². The minimum absolute atomic E-state index is 0.0660. The molecular formula is C18H23NO2. The molecule has 0 bridgehead atoms. The monoisotopic (exact) mass is 285 g/mol. The first-order valence-electron chi connectivity index (χ1n) is 7.68. The molecule has 0 heterocycles. The zero-order valence-electron chi connectivity index (χ0n) is 12.9. The van der Waals surface area contributed by atoms with E-state index in [-0.39, 0.29) is 12.5 Å². The first-order chi connectivity index (χ1) is 10.2. The molecule has 3 heteroatoms. The van der Waals surface area contributed by atoms with Crippen LogP contribution >= 0.6 is 0 Å². The van der Waals surface area contributed by atoms with Crippen molar-refractivity contribution in [2.24, 2.45) is 0 Å². The van der Waals surface area contributed by atoms with Gasteiger partial charge in [0.2, 0.25) is 0 Å². The van der Waals surface area contributed by atoms with Gasteiger partial charge in [0.15, 0.2) is 0 Å². The molecule has 0 saturated heterocycles. The summed E-state index contributed by atoms with van der Waals surface area (Å²) in [6.45, 7) is 4.97. The number of benzene rings is 1. The number of carbonyl (C=O) groups is 1. The molecule has 1 fully saturated rings. The Morgan fingerprint density at radius 1 is 1.38 bits per heavy atom. The van der Waals surface area contributed by atoms with Gasteiger partial charge >= 0.3 is 0 Å². The Morgan fingerprint density at radius 2 is 2.14 bits per heavy atom. The summed E-state index contributed by atoms with van der Waals surface area (Å²) in [6, 6.07) is 6.21. The minimum atomic E-state index is 0.0660. The predicted octanol–water partition coefficient (Wildman–Crippen LogP) is 2.74. The van der Waals surface area contributed by atoms with Gasteiger partial charge in [-0.1, -0.05) is 18.8 Å². The summed E-state index contributed by atoms with van der Waals surface area (Å²) in [5, 5.41) is 8.78. The van der Waals surface area contributed by atoms with Crippen molar-refractivity contribution in [1.29, 1.82) is 0 Å². The minimum Gasteiger partial charge on any atom is -0.395 e. The number of carbonyl (C=O) groups excluding carboxylic acids is 1. The molecule has 1 aliphatic rings. The maximum atomic E-state index is 12.7. The van der Waals surface area contributed by atoms with Gasteiger partial charge in [-0.15, -0.1) is 0 Å². The molecule has 1 amide bonds. The first-order valence-corrected chi connectivity index (χ1v) is 7.68. The summed E-state index contributed by atoms with van der Waals surface area (Å²) in [5.41, 5.74) is 2.61. The van der Waals surface area contributed by atoms with Crippen molar-refractivity contribution in [2.45, 2.75) is 45.6 Å². The van der Waals surface area contributed by atoms with Gasteiger partial charge in [0.1, 0.15) is 0 Å². The zero-order valence-corrected chi connectivity index (χ0v) is 12.9. The highest BCUT2D eigenvalue weighted by molar-refractivity contribution is 5.95. The molecule has 1 saturated carbocycles. The van der Waals surface area contributed by atoms with Gasteiger partial charge in [0.25, 0.3) is 5.91 Å². The molecule has 0 radical (unpaired) electrons. The Morgan fingerprint density at radius 3 is 2.76 bits per heavy atom. The van der Waals surface area contributed by atoms with Gasteiger partial charge < -0.3 is 10.0 Å². The van der Waals surface area contributed by atoms with Crippen LogP contribution in [0.5, 0.6) is 0 Å². The van der Waals surface area contributed by atoms with Crippen molar-refractivity contribution in [3.05, 3.63) is 34.9 Å². The van der Waals surface area contributed by atoms with Gasteiger partial charge in [0.05, 0.1) is 6.61 Å². The van der Waals surface area contributed by atoms with E-state index in [1.54, 1.807) is 0 Å². The van der Waals surface area contributed by atoms with Crippen LogP contribution in [0.3, 0.4) is 0 Å². The fraction of sp³-hybridized carbons (Fsp3) is 0.500. The molecule has 1 aliphatic carbocycles. The number of hydrogen-bond donors (Lipinski definition) is 1. The second-order valence-electron chi connectivity index (χ2n) is 5.59. The lowest BCUT2D eigenvalue weighted by Gasteiger charge is -2.22. The van der Waals surface area contributed by atoms with Gasteiger partial charge in [0, 0.05) is 30.1 Å². The van der Waals surface area contributed by atoms with Crippen LogP contribution < -0.4 is 0 Å².